The summed E-state index contributed by atoms with van der Waals surface area (Å²) in [6.45, 7) is 5.02. The normalized spacial score (nSPS) is 21.7. The molecule has 5 nitrogen and oxygen atoms in total. The maximum atomic E-state index is 12.3. The van der Waals surface area contributed by atoms with E-state index < -0.39 is 0 Å². The zero-order valence-corrected chi connectivity index (χ0v) is 15.3. The van der Waals surface area contributed by atoms with Gasteiger partial charge in [-0.3, -0.25) is 14.5 Å². The van der Waals surface area contributed by atoms with E-state index in [0.717, 1.165) is 51.7 Å². The monoisotopic (exact) mass is 337 g/mol. The van der Waals surface area contributed by atoms with Crippen LogP contribution in [-0.2, 0) is 9.59 Å². The van der Waals surface area contributed by atoms with Crippen molar-refractivity contribution in [2.45, 2.75) is 77.2 Å². The molecule has 0 bridgehead atoms. The van der Waals surface area contributed by atoms with Gasteiger partial charge in [-0.15, -0.1) is 0 Å². The first-order valence-electron chi connectivity index (χ1n) is 9.98. The molecule has 0 spiro atoms. The van der Waals surface area contributed by atoms with Gasteiger partial charge in [-0.2, -0.15) is 0 Å². The molecule has 0 aromatic rings. The number of carbonyl (C=O) groups excluding carboxylic acids is 2. The number of likely N-dealkylation sites (tertiary alicyclic amines) is 1. The second-order valence-corrected chi connectivity index (χ2v) is 7.45. The highest BCUT2D eigenvalue weighted by atomic mass is 16.2. The van der Waals surface area contributed by atoms with Crippen LogP contribution in [-0.4, -0.2) is 48.9 Å². The van der Waals surface area contributed by atoms with E-state index in [-0.39, 0.29) is 17.7 Å². The van der Waals surface area contributed by atoms with Crippen molar-refractivity contribution in [3.63, 3.8) is 0 Å². The van der Waals surface area contributed by atoms with Crippen molar-refractivity contribution >= 4 is 11.8 Å². The third-order valence-corrected chi connectivity index (χ3v) is 5.35. The average molecular weight is 338 g/mol. The summed E-state index contributed by atoms with van der Waals surface area (Å²) in [5.74, 6) is 0.478. The standard InChI is InChI=1S/C19H35N3O2/c1-2-12-20-19(24)16-10-13-22(14-11-16)15-18(23)21-17-8-6-4-3-5-7-9-17/h16-17H,2-15H2,1H3,(H,20,24)(H,21,23). The Bertz CT molecular complexity index is 384. The molecule has 0 aromatic carbocycles. The molecule has 1 aliphatic carbocycles. The third-order valence-electron chi connectivity index (χ3n) is 5.35. The van der Waals surface area contributed by atoms with E-state index in [4.69, 9.17) is 0 Å². The van der Waals surface area contributed by atoms with Gasteiger partial charge in [0.05, 0.1) is 6.54 Å². The Morgan fingerprint density at radius 1 is 0.958 bits per heavy atom. The van der Waals surface area contributed by atoms with Gasteiger partial charge in [-0.25, -0.2) is 0 Å². The van der Waals surface area contributed by atoms with Crippen LogP contribution in [0, 0.1) is 5.92 Å². The van der Waals surface area contributed by atoms with Gasteiger partial charge >= 0.3 is 0 Å². The number of nitrogens with zero attached hydrogens (tertiary/aromatic N) is 1. The maximum absolute atomic E-state index is 12.3. The highest BCUT2D eigenvalue weighted by molar-refractivity contribution is 5.79. The van der Waals surface area contributed by atoms with Crippen LogP contribution in [0.25, 0.3) is 0 Å². The molecule has 1 heterocycles. The molecule has 0 unspecified atom stereocenters. The van der Waals surface area contributed by atoms with Crippen molar-refractivity contribution in [1.29, 1.82) is 0 Å². The molecule has 0 atom stereocenters. The molecule has 138 valence electrons. The summed E-state index contributed by atoms with van der Waals surface area (Å²) in [6, 6.07) is 0.371. The minimum atomic E-state index is 0.126. The van der Waals surface area contributed by atoms with Crippen LogP contribution in [0.3, 0.4) is 0 Å². The molecule has 24 heavy (non-hydrogen) atoms. The first kappa shape index (κ1) is 19.2. The zero-order chi connectivity index (χ0) is 17.2. The molecule has 2 N–H and O–H groups in total. The van der Waals surface area contributed by atoms with Gasteiger partial charge in [-0.1, -0.05) is 39.0 Å². The molecule has 5 heteroatoms. The Morgan fingerprint density at radius 2 is 1.58 bits per heavy atom. The van der Waals surface area contributed by atoms with E-state index >= 15 is 0 Å². The van der Waals surface area contributed by atoms with Crippen LogP contribution in [0.15, 0.2) is 0 Å². The summed E-state index contributed by atoms with van der Waals surface area (Å²) in [4.78, 5) is 26.5. The lowest BCUT2D eigenvalue weighted by atomic mass is 9.95. The number of piperidine rings is 1. The van der Waals surface area contributed by atoms with Crippen molar-refractivity contribution in [2.75, 3.05) is 26.2 Å². The molecule has 2 aliphatic rings. The van der Waals surface area contributed by atoms with E-state index in [1.165, 1.54) is 32.1 Å². The summed E-state index contributed by atoms with van der Waals surface area (Å²) >= 11 is 0. The van der Waals surface area contributed by atoms with Gasteiger partial charge in [0.15, 0.2) is 0 Å². The molecule has 0 aromatic heterocycles. The van der Waals surface area contributed by atoms with E-state index in [9.17, 15) is 9.59 Å². The lowest BCUT2D eigenvalue weighted by Gasteiger charge is -2.31. The molecule has 1 saturated carbocycles. The maximum Gasteiger partial charge on any atom is 0.234 e. The number of carbonyl (C=O) groups is 2. The van der Waals surface area contributed by atoms with Gasteiger partial charge in [-0.05, 0) is 45.2 Å². The van der Waals surface area contributed by atoms with Crippen LogP contribution >= 0.6 is 0 Å². The van der Waals surface area contributed by atoms with Crippen molar-refractivity contribution in [3.8, 4) is 0 Å². The Kier molecular flexibility index (Phi) is 8.57. The fraction of sp³-hybridized carbons (Fsp3) is 0.895. The minimum Gasteiger partial charge on any atom is -0.356 e. The predicted molar refractivity (Wildman–Crippen MR) is 96.7 cm³/mol. The summed E-state index contributed by atoms with van der Waals surface area (Å²) in [5.41, 5.74) is 0. The van der Waals surface area contributed by atoms with Crippen LogP contribution in [0.1, 0.15) is 71.1 Å². The van der Waals surface area contributed by atoms with Gasteiger partial charge in [0.25, 0.3) is 0 Å². The Hall–Kier alpha value is -1.10. The largest absolute Gasteiger partial charge is 0.356 e. The second-order valence-electron chi connectivity index (χ2n) is 7.45. The third kappa shape index (κ3) is 6.80. The number of nitrogens with one attached hydrogen (secondary N) is 2. The van der Waals surface area contributed by atoms with Gasteiger partial charge in [0.2, 0.25) is 11.8 Å². The summed E-state index contributed by atoms with van der Waals surface area (Å²) in [6.07, 6.45) is 11.4. The topological polar surface area (TPSA) is 61.4 Å². The van der Waals surface area contributed by atoms with E-state index in [1.54, 1.807) is 0 Å². The average Bonchev–Trinajstić information content (AvgIpc) is 2.55. The van der Waals surface area contributed by atoms with Crippen LogP contribution in [0.2, 0.25) is 0 Å². The number of hydrogen-bond donors (Lipinski definition) is 2. The quantitative estimate of drug-likeness (QED) is 0.783. The Labute approximate surface area is 146 Å². The predicted octanol–water partition coefficient (Wildman–Crippen LogP) is 2.45. The van der Waals surface area contributed by atoms with Crippen molar-refractivity contribution in [3.05, 3.63) is 0 Å². The fourth-order valence-corrected chi connectivity index (χ4v) is 3.82. The smallest absolute Gasteiger partial charge is 0.234 e. The Morgan fingerprint density at radius 3 is 2.21 bits per heavy atom. The fourth-order valence-electron chi connectivity index (χ4n) is 3.82. The van der Waals surface area contributed by atoms with E-state index in [2.05, 4.69) is 22.5 Å². The van der Waals surface area contributed by atoms with Gasteiger partial charge < -0.3 is 10.6 Å². The van der Waals surface area contributed by atoms with Crippen LogP contribution in [0.4, 0.5) is 0 Å². The molecule has 1 saturated heterocycles. The van der Waals surface area contributed by atoms with E-state index in [1.807, 2.05) is 0 Å². The van der Waals surface area contributed by atoms with Gasteiger partial charge in [0.1, 0.15) is 0 Å². The molecule has 2 amide bonds. The van der Waals surface area contributed by atoms with Crippen molar-refractivity contribution in [1.82, 2.24) is 15.5 Å². The van der Waals surface area contributed by atoms with Crippen LogP contribution in [0.5, 0.6) is 0 Å². The SMILES string of the molecule is CCCNC(=O)C1CCN(CC(=O)NC2CCCCCCC2)CC1. The second kappa shape index (κ2) is 10.7. The number of rotatable bonds is 6. The molecular weight excluding hydrogens is 302 g/mol. The summed E-state index contributed by atoms with van der Waals surface area (Å²) < 4.78 is 0. The highest BCUT2D eigenvalue weighted by Gasteiger charge is 2.26. The van der Waals surface area contributed by atoms with Gasteiger partial charge in [0, 0.05) is 18.5 Å². The molecule has 0 radical (unpaired) electrons. The summed E-state index contributed by atoms with van der Waals surface area (Å²) in [7, 11) is 0. The Balaban J connectivity index is 1.65. The number of hydrogen-bond acceptors (Lipinski definition) is 3. The van der Waals surface area contributed by atoms with Crippen molar-refractivity contribution in [2.24, 2.45) is 5.92 Å². The lowest BCUT2D eigenvalue weighted by molar-refractivity contribution is -0.127. The number of amides is 2. The van der Waals surface area contributed by atoms with E-state index in [0.29, 0.717) is 12.6 Å². The molecule has 2 rings (SSSR count). The zero-order valence-electron chi connectivity index (χ0n) is 15.3. The molecule has 1 aliphatic heterocycles. The highest BCUT2D eigenvalue weighted by Crippen LogP contribution is 2.18. The first-order chi connectivity index (χ1) is 11.7. The van der Waals surface area contributed by atoms with Crippen LogP contribution < -0.4 is 10.6 Å². The lowest BCUT2D eigenvalue weighted by Crippen LogP contribution is -2.46. The molecular formula is C19H35N3O2. The molecule has 2 fully saturated rings. The minimum absolute atomic E-state index is 0.126. The summed E-state index contributed by atoms with van der Waals surface area (Å²) in [5, 5.41) is 6.22. The van der Waals surface area contributed by atoms with Crippen molar-refractivity contribution < 1.29 is 9.59 Å². The first-order valence-corrected chi connectivity index (χ1v) is 9.98.